The smallest absolute Gasteiger partial charge is 0.240 e. The number of carbonyl (C=O) groups is 1. The molecule has 7 nitrogen and oxygen atoms in total. The van der Waals surface area contributed by atoms with Gasteiger partial charge in [0.1, 0.15) is 17.9 Å². The quantitative estimate of drug-likeness (QED) is 0.436. The van der Waals surface area contributed by atoms with Crippen LogP contribution in [0.15, 0.2) is 18.2 Å². The van der Waals surface area contributed by atoms with E-state index in [1.807, 2.05) is 18.2 Å². The van der Waals surface area contributed by atoms with Crippen LogP contribution >= 0.6 is 22.6 Å². The first-order chi connectivity index (χ1) is 15.6. The lowest BCUT2D eigenvalue weighted by Gasteiger charge is -2.62. The van der Waals surface area contributed by atoms with Crippen LogP contribution in [0.5, 0.6) is 5.75 Å². The van der Waals surface area contributed by atoms with Gasteiger partial charge in [-0.25, -0.2) is 0 Å². The first kappa shape index (κ1) is 25.2. The third-order valence-corrected chi connectivity index (χ3v) is 9.49. The number of hydroxylamine groups is 2. The molecule has 8 atom stereocenters. The van der Waals surface area contributed by atoms with E-state index in [9.17, 15) is 15.0 Å². The van der Waals surface area contributed by atoms with E-state index in [-0.39, 0.29) is 18.6 Å². The Bertz CT molecular complexity index is 878. The predicted molar refractivity (Wildman–Crippen MR) is 133 cm³/mol. The molecular formula is C25H37IN2O5. The summed E-state index contributed by atoms with van der Waals surface area (Å²) in [5, 5.41) is 25.4. The number of hydrogen-bond donors (Lipinski definition) is 3. The second-order valence-corrected chi connectivity index (χ2v) is 11.8. The first-order valence-corrected chi connectivity index (χ1v) is 13.0. The maximum atomic E-state index is 13.7. The zero-order valence-corrected chi connectivity index (χ0v) is 22.3. The van der Waals surface area contributed by atoms with Gasteiger partial charge in [0.05, 0.1) is 29.9 Å². The molecule has 184 valence electrons. The fourth-order valence-corrected chi connectivity index (χ4v) is 7.33. The number of aliphatic hydroxyl groups is 2. The number of ether oxygens (including phenoxy) is 1. The number of amides is 1. The molecule has 33 heavy (non-hydrogen) atoms. The molecule has 0 aromatic heterocycles. The number of fused-ring (bicyclic) bond motifs is 2. The van der Waals surface area contributed by atoms with Crippen LogP contribution in [0.1, 0.15) is 46.1 Å². The summed E-state index contributed by atoms with van der Waals surface area (Å²) in [6.07, 6.45) is 0.772. The van der Waals surface area contributed by atoms with Crippen molar-refractivity contribution in [2.75, 3.05) is 13.7 Å². The van der Waals surface area contributed by atoms with Crippen molar-refractivity contribution in [2.45, 2.75) is 71.4 Å². The third kappa shape index (κ3) is 4.42. The van der Waals surface area contributed by atoms with Crippen molar-refractivity contribution in [3.63, 3.8) is 0 Å². The van der Waals surface area contributed by atoms with Crippen LogP contribution in [0.2, 0.25) is 0 Å². The van der Waals surface area contributed by atoms with Crippen molar-refractivity contribution in [3.8, 4) is 5.75 Å². The number of carbonyl (C=O) groups excluding carboxylic acids is 1. The van der Waals surface area contributed by atoms with Crippen molar-refractivity contribution in [1.82, 2.24) is 10.4 Å². The van der Waals surface area contributed by atoms with Crippen molar-refractivity contribution in [1.29, 1.82) is 0 Å². The minimum absolute atomic E-state index is 0.117. The van der Waals surface area contributed by atoms with Crippen LogP contribution < -0.4 is 10.1 Å². The summed E-state index contributed by atoms with van der Waals surface area (Å²) < 4.78 is 6.56. The minimum Gasteiger partial charge on any atom is -0.495 e. The predicted octanol–water partition coefficient (Wildman–Crippen LogP) is 2.96. The standard InChI is InChI=1S/C25H37IN2O5/c1-13-17-9-16(25(17,3)4)10-19(13)27-24(31)22-21(14(2)30)20(12-29)33-28(22)11-15-7-6-8-18(26)23(15)32-5/h6-8,13-14,16-17,19-22,29-30H,9-12H2,1-5H3,(H,27,31)/t13-,14?,16+,17-,19-,20-,21?,22-/m0/s1. The molecule has 3 aliphatic carbocycles. The molecule has 1 aromatic carbocycles. The monoisotopic (exact) mass is 572 g/mol. The van der Waals surface area contributed by atoms with E-state index in [0.29, 0.717) is 29.7 Å². The minimum atomic E-state index is -0.808. The first-order valence-electron chi connectivity index (χ1n) is 11.9. The molecule has 3 N–H and O–H groups in total. The molecule has 5 rings (SSSR count). The Morgan fingerprint density at radius 1 is 1.39 bits per heavy atom. The summed E-state index contributed by atoms with van der Waals surface area (Å²) in [5.74, 6) is 1.72. The summed E-state index contributed by atoms with van der Waals surface area (Å²) in [4.78, 5) is 19.7. The van der Waals surface area contributed by atoms with Crippen LogP contribution in [0.4, 0.5) is 0 Å². The maximum Gasteiger partial charge on any atom is 0.240 e. The molecule has 4 fully saturated rings. The molecule has 1 saturated heterocycles. The average Bonchev–Trinajstić information content (AvgIpc) is 3.13. The average molecular weight is 572 g/mol. The number of benzene rings is 1. The maximum absolute atomic E-state index is 13.7. The Balaban J connectivity index is 1.57. The van der Waals surface area contributed by atoms with E-state index in [0.717, 1.165) is 21.3 Å². The number of methoxy groups -OCH3 is 1. The summed E-state index contributed by atoms with van der Waals surface area (Å²) in [6, 6.07) is 5.26. The Kier molecular flexibility index (Phi) is 7.32. The normalized spacial score (nSPS) is 36.2. The Morgan fingerprint density at radius 3 is 2.70 bits per heavy atom. The topological polar surface area (TPSA) is 91.3 Å². The third-order valence-electron chi connectivity index (χ3n) is 8.64. The summed E-state index contributed by atoms with van der Waals surface area (Å²) >= 11 is 2.22. The van der Waals surface area contributed by atoms with Gasteiger partial charge >= 0.3 is 0 Å². The Hall–Kier alpha value is -0.940. The molecule has 4 aliphatic rings. The Labute approximate surface area is 210 Å². The highest BCUT2D eigenvalue weighted by molar-refractivity contribution is 14.1. The van der Waals surface area contributed by atoms with Gasteiger partial charge in [-0.3, -0.25) is 9.63 Å². The van der Waals surface area contributed by atoms with E-state index in [2.05, 4.69) is 48.7 Å². The number of hydrogen-bond acceptors (Lipinski definition) is 6. The van der Waals surface area contributed by atoms with E-state index >= 15 is 0 Å². The number of aliphatic hydroxyl groups excluding tert-OH is 2. The molecule has 3 saturated carbocycles. The molecule has 0 radical (unpaired) electrons. The molecule has 1 amide bonds. The lowest BCUT2D eigenvalue weighted by molar-refractivity contribution is -0.183. The second kappa shape index (κ2) is 9.60. The number of nitrogens with zero attached hydrogens (tertiary/aromatic N) is 1. The molecule has 2 unspecified atom stereocenters. The second-order valence-electron chi connectivity index (χ2n) is 10.7. The van der Waals surface area contributed by atoms with E-state index < -0.39 is 24.2 Å². The SMILES string of the molecule is COc1c(I)cccc1CN1O[C@@H](CO)C(C(C)O)[C@H]1C(=O)N[C@H]1C[C@H]2C[C@@H]([C@@H]1C)C2(C)C. The zero-order chi connectivity index (χ0) is 24.1. The zero-order valence-electron chi connectivity index (χ0n) is 20.1. The molecule has 8 heteroatoms. The van der Waals surface area contributed by atoms with Crippen molar-refractivity contribution < 1.29 is 24.6 Å². The Morgan fingerprint density at radius 2 is 2.12 bits per heavy atom. The highest BCUT2D eigenvalue weighted by atomic mass is 127. The summed E-state index contributed by atoms with van der Waals surface area (Å²) in [6.45, 7) is 8.64. The van der Waals surface area contributed by atoms with Crippen LogP contribution in [0.3, 0.4) is 0 Å². The molecule has 2 bridgehead atoms. The van der Waals surface area contributed by atoms with Crippen LogP contribution in [0, 0.1) is 32.7 Å². The fraction of sp³-hybridized carbons (Fsp3) is 0.720. The molecule has 0 spiro atoms. The van der Waals surface area contributed by atoms with Gasteiger partial charge in [0.25, 0.3) is 0 Å². The van der Waals surface area contributed by atoms with Crippen molar-refractivity contribution >= 4 is 28.5 Å². The van der Waals surface area contributed by atoms with Crippen LogP contribution in [0.25, 0.3) is 0 Å². The highest BCUT2D eigenvalue weighted by Gasteiger charge is 2.57. The molecular weight excluding hydrogens is 535 g/mol. The van der Waals surface area contributed by atoms with Crippen LogP contribution in [-0.4, -0.2) is 59.2 Å². The van der Waals surface area contributed by atoms with Gasteiger partial charge in [-0.1, -0.05) is 32.9 Å². The van der Waals surface area contributed by atoms with E-state index in [1.54, 1.807) is 19.1 Å². The van der Waals surface area contributed by atoms with Crippen LogP contribution in [-0.2, 0) is 16.2 Å². The number of halogens is 1. The van der Waals surface area contributed by atoms with Crippen molar-refractivity contribution in [2.24, 2.45) is 29.1 Å². The van der Waals surface area contributed by atoms with Gasteiger partial charge in [-0.2, -0.15) is 5.06 Å². The van der Waals surface area contributed by atoms with Gasteiger partial charge in [-0.05, 0) is 71.6 Å². The van der Waals surface area contributed by atoms with E-state index in [4.69, 9.17) is 9.57 Å². The highest BCUT2D eigenvalue weighted by Crippen LogP contribution is 2.61. The lowest BCUT2D eigenvalue weighted by atomic mass is 9.45. The van der Waals surface area contributed by atoms with Gasteiger partial charge in [0.2, 0.25) is 5.91 Å². The number of rotatable bonds is 7. The summed E-state index contributed by atoms with van der Waals surface area (Å²) in [7, 11) is 1.63. The largest absolute Gasteiger partial charge is 0.495 e. The van der Waals surface area contributed by atoms with E-state index in [1.165, 1.54) is 6.42 Å². The fourth-order valence-electron chi connectivity index (χ4n) is 6.56. The van der Waals surface area contributed by atoms with Gasteiger partial charge in [-0.15, -0.1) is 0 Å². The van der Waals surface area contributed by atoms with Crippen molar-refractivity contribution in [3.05, 3.63) is 27.3 Å². The van der Waals surface area contributed by atoms with Gasteiger partial charge in [0.15, 0.2) is 0 Å². The summed E-state index contributed by atoms with van der Waals surface area (Å²) in [5.41, 5.74) is 1.23. The number of nitrogens with one attached hydrogen (secondary N) is 1. The molecule has 1 aliphatic heterocycles. The van der Waals surface area contributed by atoms with Gasteiger partial charge < -0.3 is 20.3 Å². The molecule has 1 heterocycles. The number of para-hydroxylation sites is 1. The van der Waals surface area contributed by atoms with Gasteiger partial charge in [0, 0.05) is 17.5 Å². The lowest BCUT2D eigenvalue weighted by Crippen LogP contribution is -2.62. The molecule has 1 aromatic rings.